The highest BCUT2D eigenvalue weighted by Gasteiger charge is 2.19. The third-order valence-corrected chi connectivity index (χ3v) is 3.34. The number of rotatable bonds is 5. The SMILES string of the molecule is CNC(=O)[C@@H]([NH3+])CSc1ccccc1[N+](=O)[O-].[Cl-]. The Balaban J connectivity index is 0.00000289. The molecule has 4 N–H and O–H groups in total. The van der Waals surface area contributed by atoms with Gasteiger partial charge in [-0.2, -0.15) is 0 Å². The second-order valence-electron chi connectivity index (χ2n) is 3.35. The monoisotopic (exact) mass is 291 g/mol. The number of nitro groups is 1. The Morgan fingerprint density at radius 1 is 1.56 bits per heavy atom. The molecular weight excluding hydrogens is 278 g/mol. The summed E-state index contributed by atoms with van der Waals surface area (Å²) in [5, 5.41) is 13.2. The third-order valence-electron chi connectivity index (χ3n) is 2.12. The maximum absolute atomic E-state index is 11.2. The second-order valence-corrected chi connectivity index (χ2v) is 4.41. The van der Waals surface area contributed by atoms with Crippen molar-refractivity contribution in [3.05, 3.63) is 34.4 Å². The molecule has 1 aromatic carbocycles. The molecule has 100 valence electrons. The fourth-order valence-corrected chi connectivity index (χ4v) is 2.20. The van der Waals surface area contributed by atoms with E-state index in [9.17, 15) is 14.9 Å². The number of hydrogen-bond acceptors (Lipinski definition) is 4. The van der Waals surface area contributed by atoms with Gasteiger partial charge in [0, 0.05) is 13.1 Å². The van der Waals surface area contributed by atoms with E-state index in [1.54, 1.807) is 18.2 Å². The molecule has 0 bridgehead atoms. The van der Waals surface area contributed by atoms with Crippen LogP contribution in [0.4, 0.5) is 5.69 Å². The van der Waals surface area contributed by atoms with E-state index in [0.29, 0.717) is 10.6 Å². The van der Waals surface area contributed by atoms with Crippen molar-refractivity contribution in [1.29, 1.82) is 0 Å². The molecule has 1 rings (SSSR count). The van der Waals surface area contributed by atoms with Gasteiger partial charge in [-0.1, -0.05) is 12.1 Å². The minimum Gasteiger partial charge on any atom is -1.00 e. The molecule has 0 aromatic heterocycles. The number of nitrogens with one attached hydrogen (secondary N) is 1. The van der Waals surface area contributed by atoms with E-state index in [2.05, 4.69) is 11.1 Å². The lowest BCUT2D eigenvalue weighted by Gasteiger charge is -2.06. The standard InChI is InChI=1S/C10H13N3O3S.ClH/c1-12-10(14)7(11)6-17-9-5-3-2-4-8(9)13(15)16;/h2-5,7H,6,11H2,1H3,(H,12,14);1H/t7-;/m0./s1. The normalized spacial score (nSPS) is 11.2. The average molecular weight is 292 g/mol. The molecule has 0 radical (unpaired) electrons. The van der Waals surface area contributed by atoms with E-state index in [4.69, 9.17) is 0 Å². The number of nitrogens with zero attached hydrogens (tertiary/aromatic N) is 1. The molecule has 0 saturated heterocycles. The van der Waals surface area contributed by atoms with E-state index in [1.165, 1.54) is 24.9 Å². The van der Waals surface area contributed by atoms with E-state index in [1.807, 2.05) is 0 Å². The molecule has 0 aliphatic heterocycles. The highest BCUT2D eigenvalue weighted by molar-refractivity contribution is 7.99. The van der Waals surface area contributed by atoms with Crippen molar-refractivity contribution in [3.8, 4) is 0 Å². The predicted molar refractivity (Wildman–Crippen MR) is 64.6 cm³/mol. The van der Waals surface area contributed by atoms with Gasteiger partial charge in [-0.05, 0) is 6.07 Å². The van der Waals surface area contributed by atoms with Gasteiger partial charge < -0.3 is 23.5 Å². The molecular formula is C10H14ClN3O3S. The van der Waals surface area contributed by atoms with Gasteiger partial charge >= 0.3 is 0 Å². The van der Waals surface area contributed by atoms with Crippen LogP contribution in [0.3, 0.4) is 0 Å². The number of halogens is 1. The molecule has 8 heteroatoms. The molecule has 0 unspecified atom stereocenters. The summed E-state index contributed by atoms with van der Waals surface area (Å²) in [7, 11) is 1.54. The van der Waals surface area contributed by atoms with Crippen LogP contribution in [0.1, 0.15) is 0 Å². The maximum Gasteiger partial charge on any atom is 0.282 e. The molecule has 1 aromatic rings. The van der Waals surface area contributed by atoms with Crippen molar-refractivity contribution in [2.45, 2.75) is 10.9 Å². The summed E-state index contributed by atoms with van der Waals surface area (Å²) < 4.78 is 0. The Hall–Kier alpha value is -1.31. The number of benzene rings is 1. The number of amides is 1. The van der Waals surface area contributed by atoms with Crippen molar-refractivity contribution >= 4 is 23.4 Å². The fourth-order valence-electron chi connectivity index (χ4n) is 1.20. The third kappa shape index (κ3) is 4.52. The topological polar surface area (TPSA) is 99.9 Å². The lowest BCUT2D eigenvalue weighted by Crippen LogP contribution is -3.00. The van der Waals surface area contributed by atoms with E-state index in [0.717, 1.165) is 0 Å². The average Bonchev–Trinajstić information content (AvgIpc) is 2.35. The highest BCUT2D eigenvalue weighted by Crippen LogP contribution is 2.28. The zero-order valence-corrected chi connectivity index (χ0v) is 11.3. The Bertz CT molecular complexity index is 431. The highest BCUT2D eigenvalue weighted by atomic mass is 35.5. The van der Waals surface area contributed by atoms with Crippen molar-refractivity contribution in [2.75, 3.05) is 12.8 Å². The first-order valence-electron chi connectivity index (χ1n) is 4.97. The summed E-state index contributed by atoms with van der Waals surface area (Å²) in [4.78, 5) is 22.1. The minimum atomic E-state index is -0.430. The van der Waals surface area contributed by atoms with Crippen LogP contribution in [0.15, 0.2) is 29.2 Å². The minimum absolute atomic E-state index is 0. The van der Waals surface area contributed by atoms with E-state index < -0.39 is 11.0 Å². The summed E-state index contributed by atoms with van der Waals surface area (Å²) in [5.74, 6) is 0.237. The van der Waals surface area contributed by atoms with Crippen molar-refractivity contribution in [2.24, 2.45) is 0 Å². The number of carbonyl (C=O) groups excluding carboxylic acids is 1. The van der Waals surface area contributed by atoms with Crippen LogP contribution in [0.2, 0.25) is 0 Å². The van der Waals surface area contributed by atoms with Gasteiger partial charge in [0.25, 0.3) is 11.6 Å². The summed E-state index contributed by atoms with van der Waals surface area (Å²) in [5.41, 5.74) is 3.75. The van der Waals surface area contributed by atoms with Crippen LogP contribution in [-0.4, -0.2) is 29.7 Å². The Morgan fingerprint density at radius 3 is 2.72 bits per heavy atom. The van der Waals surface area contributed by atoms with Gasteiger partial charge in [0.05, 0.1) is 15.6 Å². The first-order valence-corrected chi connectivity index (χ1v) is 5.95. The van der Waals surface area contributed by atoms with Crippen molar-refractivity contribution in [1.82, 2.24) is 5.32 Å². The summed E-state index contributed by atoms with van der Waals surface area (Å²) in [6.45, 7) is 0. The summed E-state index contributed by atoms with van der Waals surface area (Å²) in [6, 6.07) is 6.03. The summed E-state index contributed by atoms with van der Waals surface area (Å²) >= 11 is 1.26. The van der Waals surface area contributed by atoms with Gasteiger partial charge in [-0.3, -0.25) is 14.9 Å². The zero-order chi connectivity index (χ0) is 12.8. The molecule has 0 aliphatic rings. The predicted octanol–water partition coefficient (Wildman–Crippen LogP) is -2.95. The van der Waals surface area contributed by atoms with Crippen LogP contribution >= 0.6 is 11.8 Å². The summed E-state index contributed by atoms with van der Waals surface area (Å²) in [6.07, 6.45) is 0. The largest absolute Gasteiger partial charge is 1.00 e. The second kappa shape index (κ2) is 7.91. The van der Waals surface area contributed by atoms with Crippen molar-refractivity contribution < 1.29 is 27.9 Å². The van der Waals surface area contributed by atoms with Gasteiger partial charge in [-0.25, -0.2) is 0 Å². The number of likely N-dealkylation sites (N-methyl/N-ethyl adjacent to an activating group) is 1. The van der Waals surface area contributed by atoms with Crippen LogP contribution in [-0.2, 0) is 4.79 Å². The molecule has 1 amide bonds. The first-order chi connectivity index (χ1) is 8.06. The lowest BCUT2D eigenvalue weighted by atomic mass is 10.3. The number of nitro benzene ring substituents is 1. The molecule has 0 saturated carbocycles. The number of quaternary nitrogens is 1. The quantitative estimate of drug-likeness (QED) is 0.344. The Morgan fingerprint density at radius 2 is 2.17 bits per heavy atom. The van der Waals surface area contributed by atoms with E-state index >= 15 is 0 Å². The molecule has 0 aliphatic carbocycles. The van der Waals surface area contributed by atoms with Crippen LogP contribution in [0.5, 0.6) is 0 Å². The van der Waals surface area contributed by atoms with Gasteiger partial charge in [0.2, 0.25) is 0 Å². The molecule has 6 nitrogen and oxygen atoms in total. The molecule has 1 atom stereocenters. The molecule has 18 heavy (non-hydrogen) atoms. The number of carbonyl (C=O) groups is 1. The van der Waals surface area contributed by atoms with Gasteiger partial charge in [0.1, 0.15) is 0 Å². The maximum atomic E-state index is 11.2. The van der Waals surface area contributed by atoms with Crippen LogP contribution in [0.25, 0.3) is 0 Å². The lowest BCUT2D eigenvalue weighted by molar-refractivity contribution is -0.396. The van der Waals surface area contributed by atoms with Gasteiger partial charge in [-0.15, -0.1) is 11.8 Å². The van der Waals surface area contributed by atoms with Crippen LogP contribution in [0, 0.1) is 10.1 Å². The van der Waals surface area contributed by atoms with Crippen LogP contribution < -0.4 is 23.5 Å². The number of hydrogen-bond donors (Lipinski definition) is 2. The zero-order valence-electron chi connectivity index (χ0n) is 9.76. The molecule has 0 spiro atoms. The number of thioether (sulfide) groups is 1. The van der Waals surface area contributed by atoms with Crippen molar-refractivity contribution in [3.63, 3.8) is 0 Å². The molecule has 0 fully saturated rings. The van der Waals surface area contributed by atoms with Gasteiger partial charge in [0.15, 0.2) is 6.04 Å². The fraction of sp³-hybridized carbons (Fsp3) is 0.300. The Kier molecular flexibility index (Phi) is 7.33. The smallest absolute Gasteiger partial charge is 0.282 e. The van der Waals surface area contributed by atoms with E-state index in [-0.39, 0.29) is 24.0 Å². The molecule has 0 heterocycles. The first kappa shape index (κ1) is 16.7. The number of para-hydroxylation sites is 1. The Labute approximate surface area is 115 Å².